The fourth-order valence-electron chi connectivity index (χ4n) is 12.7. The van der Waals surface area contributed by atoms with Crippen molar-refractivity contribution in [3.05, 3.63) is 291 Å². The lowest BCUT2D eigenvalue weighted by Crippen LogP contribution is -2.13. The third-order valence-corrected chi connectivity index (χ3v) is 16.5. The van der Waals surface area contributed by atoms with Crippen molar-refractivity contribution in [3.8, 4) is 0 Å². The number of benzene rings is 14. The summed E-state index contributed by atoms with van der Waals surface area (Å²) in [5, 5.41) is 8.42. The molecule has 0 saturated carbocycles. The molecule has 8 heteroatoms. The van der Waals surface area contributed by atoms with Crippen LogP contribution >= 0.6 is 0 Å². The minimum absolute atomic E-state index is 0.852. The molecule has 8 nitrogen and oxygen atoms in total. The van der Waals surface area contributed by atoms with E-state index < -0.39 is 0 Å². The highest BCUT2D eigenvalue weighted by Gasteiger charge is 2.23. The predicted molar refractivity (Wildman–Crippen MR) is 350 cm³/mol. The first-order valence-corrected chi connectivity index (χ1v) is 28.4. The molecule has 0 N–H and O–H groups in total. The van der Waals surface area contributed by atoms with E-state index in [4.69, 9.17) is 19.9 Å². The number of hydrogen-bond acceptors (Lipinski definition) is 8. The molecule has 84 heavy (non-hydrogen) atoms. The second kappa shape index (κ2) is 19.1. The largest absolute Gasteiger partial charge is 0.310 e. The highest BCUT2D eigenvalue weighted by molar-refractivity contribution is 6.14. The molecule has 0 atom stereocenters. The van der Waals surface area contributed by atoms with Crippen LogP contribution in [0.4, 0.5) is 68.2 Å². The van der Waals surface area contributed by atoms with Crippen molar-refractivity contribution in [3.63, 3.8) is 0 Å². The van der Waals surface area contributed by atoms with Gasteiger partial charge >= 0.3 is 0 Å². The van der Waals surface area contributed by atoms with Gasteiger partial charge < -0.3 is 19.6 Å². The molecule has 12 heterocycles. The van der Waals surface area contributed by atoms with Gasteiger partial charge in [-0.25, -0.2) is 19.9 Å². The average Bonchev–Trinajstić information content (AvgIpc) is 2.33. The van der Waals surface area contributed by atoms with Gasteiger partial charge in [-0.1, -0.05) is 133 Å². The van der Waals surface area contributed by atoms with Gasteiger partial charge in [-0.3, -0.25) is 0 Å². The molecule has 0 fully saturated rings. The molecule has 26 rings (SSSR count). The molecule has 16 aromatic rings. The number of rotatable bonds is 4. The molecular formula is C76H48N8. The molecule has 2 aromatic heterocycles. The van der Waals surface area contributed by atoms with Crippen LogP contribution in [-0.2, 0) is 0 Å². The summed E-state index contributed by atoms with van der Waals surface area (Å²) in [4.78, 5) is 31.0. The number of aromatic nitrogens is 4. The first-order valence-electron chi connectivity index (χ1n) is 28.4. The number of para-hydroxylation sites is 4. The van der Waals surface area contributed by atoms with Gasteiger partial charge in [0.05, 0.1) is 44.1 Å². The van der Waals surface area contributed by atoms with Crippen LogP contribution in [0, 0.1) is 0 Å². The quantitative estimate of drug-likeness (QED) is 0.128. The van der Waals surface area contributed by atoms with Crippen LogP contribution in [0.2, 0.25) is 0 Å². The second-order valence-electron chi connectivity index (χ2n) is 21.5. The molecule has 0 aliphatic carbocycles. The monoisotopic (exact) mass is 1070 g/mol. The van der Waals surface area contributed by atoms with Crippen molar-refractivity contribution in [2.75, 3.05) is 19.6 Å². The molecule has 0 saturated heterocycles. The Morgan fingerprint density at radius 1 is 0.167 bits per heavy atom. The Hall–Kier alpha value is -11.5. The summed E-state index contributed by atoms with van der Waals surface area (Å²) in [6.45, 7) is 0. The number of anilines is 12. The van der Waals surface area contributed by atoms with Crippen molar-refractivity contribution < 1.29 is 0 Å². The van der Waals surface area contributed by atoms with Gasteiger partial charge in [0.25, 0.3) is 0 Å². The molecule has 20 bridgehead atoms. The Morgan fingerprint density at radius 3 is 0.643 bits per heavy atom. The van der Waals surface area contributed by atoms with Crippen LogP contribution in [0.15, 0.2) is 291 Å². The standard InChI is InChI=1S/C76H48N8/c1-5-15-53(16-6-1)81-57-23-13-24-58(47-57)82(54-17-7-2-8-18-54)62-32-36-66-50(44-62)28-40-71-75(66)80-76-68-38-34-64(46-52(68)30-42-72(76)78-71)84(56-21-11-4-12-22-56)60-26-14-25-59(48-60)83(55-19-9-3-10-20-55)63-33-37-67-51(45-63)29-41-70-74(67)79-73-65-35-31-61(81)43-49(65)27-39-69(73)77-70/h1-48H. The molecule has 14 aromatic carbocycles. The smallest absolute Gasteiger partial charge is 0.0973 e. The summed E-state index contributed by atoms with van der Waals surface area (Å²) in [5.41, 5.74) is 19.2. The predicted octanol–water partition coefficient (Wildman–Crippen LogP) is 20.7. The van der Waals surface area contributed by atoms with Gasteiger partial charge in [0.1, 0.15) is 0 Å². The van der Waals surface area contributed by atoms with E-state index in [0.717, 1.165) is 155 Å². The van der Waals surface area contributed by atoms with Crippen LogP contribution in [0.25, 0.3) is 87.2 Å². The second-order valence-corrected chi connectivity index (χ2v) is 21.5. The maximum absolute atomic E-state index is 5.53. The van der Waals surface area contributed by atoms with Crippen LogP contribution in [0.1, 0.15) is 0 Å². The summed E-state index contributed by atoms with van der Waals surface area (Å²) in [5.74, 6) is 0. The summed E-state index contributed by atoms with van der Waals surface area (Å²) >= 11 is 0. The lowest BCUT2D eigenvalue weighted by Gasteiger charge is -2.29. The van der Waals surface area contributed by atoms with Gasteiger partial charge in [0.2, 0.25) is 0 Å². The molecule has 0 unspecified atom stereocenters. The zero-order valence-corrected chi connectivity index (χ0v) is 45.3. The van der Waals surface area contributed by atoms with Gasteiger partial charge in [-0.05, 0) is 179 Å². The maximum atomic E-state index is 5.53. The zero-order valence-electron chi connectivity index (χ0n) is 45.3. The first-order chi connectivity index (χ1) is 41.6. The summed E-state index contributed by atoms with van der Waals surface area (Å²) in [6.07, 6.45) is 0. The molecule has 10 aliphatic rings. The minimum Gasteiger partial charge on any atom is -0.310 e. The highest BCUT2D eigenvalue weighted by Crippen LogP contribution is 2.46. The Balaban J connectivity index is 0.913. The highest BCUT2D eigenvalue weighted by atomic mass is 15.2. The Morgan fingerprint density at radius 2 is 0.393 bits per heavy atom. The molecule has 10 aliphatic heterocycles. The third kappa shape index (κ3) is 7.84. The topological polar surface area (TPSA) is 64.5 Å². The van der Waals surface area contributed by atoms with E-state index in [1.54, 1.807) is 0 Å². The Labute approximate surface area is 483 Å². The van der Waals surface area contributed by atoms with Gasteiger partial charge in [0.15, 0.2) is 0 Å². The van der Waals surface area contributed by atoms with Crippen molar-refractivity contribution >= 4 is 155 Å². The summed E-state index contributed by atoms with van der Waals surface area (Å²) in [7, 11) is 0. The van der Waals surface area contributed by atoms with Crippen LogP contribution in [0.5, 0.6) is 0 Å². The Bertz CT molecular complexity index is 4640. The van der Waals surface area contributed by atoms with E-state index in [-0.39, 0.29) is 0 Å². The van der Waals surface area contributed by atoms with Gasteiger partial charge in [-0.2, -0.15) is 0 Å². The van der Waals surface area contributed by atoms with E-state index in [1.807, 2.05) is 0 Å². The van der Waals surface area contributed by atoms with Crippen molar-refractivity contribution in [2.45, 2.75) is 0 Å². The Kier molecular flexibility index (Phi) is 10.8. The van der Waals surface area contributed by atoms with Crippen molar-refractivity contribution in [1.82, 2.24) is 19.9 Å². The number of nitrogens with zero attached hydrogens (tertiary/aromatic N) is 8. The van der Waals surface area contributed by atoms with E-state index in [2.05, 4.69) is 311 Å². The summed E-state index contributed by atoms with van der Waals surface area (Å²) in [6, 6.07) is 104. The fraction of sp³-hybridized carbons (Fsp3) is 0. The van der Waals surface area contributed by atoms with E-state index >= 15 is 0 Å². The first kappa shape index (κ1) is 47.3. The lowest BCUT2D eigenvalue weighted by molar-refractivity contribution is 1.25. The average molecular weight is 1070 g/mol. The van der Waals surface area contributed by atoms with Crippen LogP contribution in [-0.4, -0.2) is 19.9 Å². The van der Waals surface area contributed by atoms with Crippen LogP contribution < -0.4 is 19.6 Å². The summed E-state index contributed by atoms with van der Waals surface area (Å²) < 4.78 is 0. The molecular weight excluding hydrogens is 1020 g/mol. The third-order valence-electron chi connectivity index (χ3n) is 16.5. The van der Waals surface area contributed by atoms with Gasteiger partial charge in [-0.15, -0.1) is 0 Å². The maximum Gasteiger partial charge on any atom is 0.0973 e. The lowest BCUT2D eigenvalue weighted by atomic mass is 10.0. The number of hydrogen-bond donors (Lipinski definition) is 0. The fourth-order valence-corrected chi connectivity index (χ4v) is 12.7. The van der Waals surface area contributed by atoms with E-state index in [9.17, 15) is 0 Å². The molecule has 0 radical (unpaired) electrons. The molecule has 0 spiro atoms. The normalized spacial score (nSPS) is 12.7. The van der Waals surface area contributed by atoms with Crippen molar-refractivity contribution in [2.24, 2.45) is 0 Å². The van der Waals surface area contributed by atoms with Gasteiger partial charge in [0, 0.05) is 89.8 Å². The van der Waals surface area contributed by atoms with E-state index in [0.29, 0.717) is 0 Å². The van der Waals surface area contributed by atoms with E-state index in [1.165, 1.54) is 0 Å². The minimum atomic E-state index is 0.852. The SMILES string of the molecule is c1ccc(N2c3cccc(c3)N(c3ccccc3)c3ccc4c(ccc5nc6ccc7cc(ccc7c6nc54)N(c4ccccc4)c4cccc(c4)N(c4ccccc4)c4ccc5c(ccc6nc7ccc8cc2ccc8c7nc65)c4)c3)cc1. The van der Waals surface area contributed by atoms with Crippen molar-refractivity contribution in [1.29, 1.82) is 0 Å². The molecule has 0 amide bonds. The zero-order chi connectivity index (χ0) is 55.2. The van der Waals surface area contributed by atoms with Crippen LogP contribution in [0.3, 0.4) is 0 Å². The molecule has 392 valence electrons.